The highest BCUT2D eigenvalue weighted by molar-refractivity contribution is 7.90. The molecule has 0 radical (unpaired) electrons. The Bertz CT molecular complexity index is 662. The van der Waals surface area contributed by atoms with E-state index in [-0.39, 0.29) is 10.5 Å². The molecule has 6 heteroatoms. The van der Waals surface area contributed by atoms with E-state index in [0.29, 0.717) is 5.69 Å². The summed E-state index contributed by atoms with van der Waals surface area (Å²) in [4.78, 5) is -0.0327. The van der Waals surface area contributed by atoms with E-state index in [1.165, 1.54) is 12.1 Å². The van der Waals surface area contributed by atoms with Gasteiger partial charge in [-0.15, -0.1) is 0 Å². The van der Waals surface area contributed by atoms with Crippen molar-refractivity contribution in [2.24, 2.45) is 7.05 Å². The molecule has 0 saturated carbocycles. The highest BCUT2D eigenvalue weighted by Gasteiger charge is 2.13. The third-order valence-electron chi connectivity index (χ3n) is 2.36. The first-order chi connectivity index (χ1) is 7.88. The minimum absolute atomic E-state index is 0.0327. The van der Waals surface area contributed by atoms with E-state index in [9.17, 15) is 12.8 Å². The fourth-order valence-corrected chi connectivity index (χ4v) is 2.13. The Morgan fingerprint density at radius 1 is 1.29 bits per heavy atom. The van der Waals surface area contributed by atoms with E-state index in [4.69, 9.17) is 0 Å². The molecule has 0 aliphatic rings. The average molecular weight is 254 g/mol. The third kappa shape index (κ3) is 2.36. The molecule has 0 aliphatic carbocycles. The van der Waals surface area contributed by atoms with E-state index in [1.54, 1.807) is 24.0 Å². The van der Waals surface area contributed by atoms with Crippen LogP contribution in [-0.4, -0.2) is 24.5 Å². The third-order valence-corrected chi connectivity index (χ3v) is 3.47. The van der Waals surface area contributed by atoms with Crippen molar-refractivity contribution in [2.75, 3.05) is 6.26 Å². The summed E-state index contributed by atoms with van der Waals surface area (Å²) in [5.41, 5.74) is 0.767. The van der Waals surface area contributed by atoms with Crippen molar-refractivity contribution in [1.82, 2.24) is 9.78 Å². The van der Waals surface area contributed by atoms with Gasteiger partial charge in [0.05, 0.1) is 10.6 Å². The van der Waals surface area contributed by atoms with Gasteiger partial charge in [-0.2, -0.15) is 5.10 Å². The number of halogens is 1. The molecule has 0 amide bonds. The molecule has 0 spiro atoms. The van der Waals surface area contributed by atoms with Gasteiger partial charge in [-0.05, 0) is 24.3 Å². The molecule has 2 aromatic rings. The molecule has 0 unspecified atom stereocenters. The first-order valence-corrected chi connectivity index (χ1v) is 6.77. The smallest absolute Gasteiger partial charge is 0.175 e. The molecule has 17 heavy (non-hydrogen) atoms. The lowest BCUT2D eigenvalue weighted by molar-refractivity contribution is 0.596. The van der Waals surface area contributed by atoms with Crippen molar-refractivity contribution in [1.29, 1.82) is 0 Å². The van der Waals surface area contributed by atoms with Gasteiger partial charge in [-0.1, -0.05) is 0 Å². The van der Waals surface area contributed by atoms with Crippen LogP contribution in [0.15, 0.2) is 35.4 Å². The zero-order valence-electron chi connectivity index (χ0n) is 9.38. The molecular formula is C11H11FN2O2S. The van der Waals surface area contributed by atoms with Crippen LogP contribution in [0.3, 0.4) is 0 Å². The molecule has 90 valence electrons. The molecule has 1 heterocycles. The lowest BCUT2D eigenvalue weighted by atomic mass is 10.1. The molecule has 2 rings (SSSR count). The summed E-state index contributed by atoms with van der Waals surface area (Å²) in [5, 5.41) is 4.06. The van der Waals surface area contributed by atoms with Crippen LogP contribution in [0, 0.1) is 5.82 Å². The van der Waals surface area contributed by atoms with Crippen LogP contribution in [0.25, 0.3) is 11.3 Å². The van der Waals surface area contributed by atoms with E-state index in [1.807, 2.05) is 0 Å². The normalized spacial score (nSPS) is 11.7. The minimum Gasteiger partial charge on any atom is -0.275 e. The summed E-state index contributed by atoms with van der Waals surface area (Å²) in [6, 6.07) is 5.48. The Kier molecular flexibility index (Phi) is 2.74. The molecule has 0 N–H and O–H groups in total. The van der Waals surface area contributed by atoms with Crippen molar-refractivity contribution in [2.45, 2.75) is 4.90 Å². The zero-order valence-corrected chi connectivity index (χ0v) is 10.2. The Hall–Kier alpha value is -1.69. The van der Waals surface area contributed by atoms with Crippen LogP contribution in [0.5, 0.6) is 0 Å². The fraction of sp³-hybridized carbons (Fsp3) is 0.182. The van der Waals surface area contributed by atoms with Crippen molar-refractivity contribution < 1.29 is 12.8 Å². The summed E-state index contributed by atoms with van der Waals surface area (Å²) >= 11 is 0. The maximum absolute atomic E-state index is 13.8. The summed E-state index contributed by atoms with van der Waals surface area (Å²) in [6.07, 6.45) is 2.74. The largest absolute Gasteiger partial charge is 0.275 e. The van der Waals surface area contributed by atoms with Gasteiger partial charge in [-0.25, -0.2) is 12.8 Å². The second-order valence-electron chi connectivity index (χ2n) is 3.79. The molecular weight excluding hydrogens is 243 g/mol. The van der Waals surface area contributed by atoms with Crippen LogP contribution in [0.1, 0.15) is 0 Å². The quantitative estimate of drug-likeness (QED) is 0.818. The summed E-state index contributed by atoms with van der Waals surface area (Å²) in [6.45, 7) is 0. The Balaban J connectivity index is 2.53. The van der Waals surface area contributed by atoms with Gasteiger partial charge in [0.25, 0.3) is 0 Å². The molecule has 0 fully saturated rings. The topological polar surface area (TPSA) is 52.0 Å². The summed E-state index contributed by atoms with van der Waals surface area (Å²) < 4.78 is 37.8. The number of aryl methyl sites for hydroxylation is 1. The van der Waals surface area contributed by atoms with Gasteiger partial charge in [-0.3, -0.25) is 4.68 Å². The van der Waals surface area contributed by atoms with Gasteiger partial charge in [0, 0.05) is 25.1 Å². The first-order valence-electron chi connectivity index (χ1n) is 4.87. The molecule has 0 aliphatic heterocycles. The van der Waals surface area contributed by atoms with Crippen molar-refractivity contribution in [3.05, 3.63) is 36.3 Å². The Labute approximate surface area is 98.6 Å². The maximum Gasteiger partial charge on any atom is 0.175 e. The van der Waals surface area contributed by atoms with Crippen LogP contribution in [0.4, 0.5) is 4.39 Å². The summed E-state index contributed by atoms with van der Waals surface area (Å²) in [7, 11) is -1.66. The van der Waals surface area contributed by atoms with E-state index in [2.05, 4.69) is 5.10 Å². The van der Waals surface area contributed by atoms with Crippen LogP contribution in [-0.2, 0) is 16.9 Å². The predicted molar refractivity (Wildman–Crippen MR) is 61.7 cm³/mol. The number of rotatable bonds is 2. The minimum atomic E-state index is -3.38. The molecule has 0 bridgehead atoms. The molecule has 4 nitrogen and oxygen atoms in total. The van der Waals surface area contributed by atoms with E-state index < -0.39 is 15.7 Å². The SMILES string of the molecule is Cn1ccc(-c2ccc(S(C)(=O)=O)cc2F)n1. The Morgan fingerprint density at radius 3 is 2.47 bits per heavy atom. The number of aromatic nitrogens is 2. The zero-order chi connectivity index (χ0) is 12.6. The average Bonchev–Trinajstić information content (AvgIpc) is 2.63. The molecule has 1 aromatic carbocycles. The number of benzene rings is 1. The molecule has 1 aromatic heterocycles. The van der Waals surface area contributed by atoms with Crippen molar-refractivity contribution >= 4 is 9.84 Å². The number of hydrogen-bond acceptors (Lipinski definition) is 3. The highest BCUT2D eigenvalue weighted by atomic mass is 32.2. The summed E-state index contributed by atoms with van der Waals surface area (Å²) in [5.74, 6) is -0.591. The van der Waals surface area contributed by atoms with Crippen LogP contribution < -0.4 is 0 Å². The van der Waals surface area contributed by atoms with Crippen LogP contribution in [0.2, 0.25) is 0 Å². The molecule has 0 atom stereocenters. The lowest BCUT2D eigenvalue weighted by Crippen LogP contribution is -1.98. The van der Waals surface area contributed by atoms with Gasteiger partial charge >= 0.3 is 0 Å². The van der Waals surface area contributed by atoms with E-state index in [0.717, 1.165) is 12.3 Å². The highest BCUT2D eigenvalue weighted by Crippen LogP contribution is 2.23. The van der Waals surface area contributed by atoms with E-state index >= 15 is 0 Å². The number of nitrogens with zero attached hydrogens (tertiary/aromatic N) is 2. The first kappa shape index (κ1) is 11.8. The van der Waals surface area contributed by atoms with Crippen LogP contribution >= 0.6 is 0 Å². The second-order valence-corrected chi connectivity index (χ2v) is 5.80. The van der Waals surface area contributed by atoms with Gasteiger partial charge in [0.1, 0.15) is 5.82 Å². The van der Waals surface area contributed by atoms with Gasteiger partial charge < -0.3 is 0 Å². The standard InChI is InChI=1S/C11H11FN2O2S/c1-14-6-5-11(13-14)9-4-3-8(7-10(9)12)17(2,15)16/h3-7H,1-2H3. The van der Waals surface area contributed by atoms with Gasteiger partial charge in [0.15, 0.2) is 9.84 Å². The van der Waals surface area contributed by atoms with Crippen molar-refractivity contribution in [3.8, 4) is 11.3 Å². The predicted octanol–water partition coefficient (Wildman–Crippen LogP) is 1.63. The van der Waals surface area contributed by atoms with Gasteiger partial charge in [0.2, 0.25) is 0 Å². The lowest BCUT2D eigenvalue weighted by Gasteiger charge is -2.02. The number of hydrogen-bond donors (Lipinski definition) is 0. The maximum atomic E-state index is 13.8. The number of sulfone groups is 1. The van der Waals surface area contributed by atoms with Crippen molar-refractivity contribution in [3.63, 3.8) is 0 Å². The Morgan fingerprint density at radius 2 is 2.00 bits per heavy atom. The fourth-order valence-electron chi connectivity index (χ4n) is 1.49. The monoisotopic (exact) mass is 254 g/mol. The second kappa shape index (κ2) is 3.96. The molecule has 0 saturated heterocycles.